The molecule has 2 heterocycles. The molecule has 1 aliphatic rings. The second-order valence-electron chi connectivity index (χ2n) is 7.00. The Hall–Kier alpha value is -2.63. The van der Waals surface area contributed by atoms with Gasteiger partial charge in [0.25, 0.3) is 5.91 Å². The van der Waals surface area contributed by atoms with Crippen LogP contribution in [0.4, 0.5) is 0 Å². The lowest BCUT2D eigenvalue weighted by Gasteiger charge is -2.10. The van der Waals surface area contributed by atoms with Crippen molar-refractivity contribution in [2.75, 3.05) is 13.2 Å². The lowest BCUT2D eigenvalue weighted by atomic mass is 10.1. The van der Waals surface area contributed by atoms with E-state index in [0.717, 1.165) is 36.3 Å². The molecular formula is C22H22ClN3O2. The summed E-state index contributed by atoms with van der Waals surface area (Å²) in [5, 5.41) is 8.25. The normalized spacial score (nSPS) is 16.3. The Morgan fingerprint density at radius 3 is 2.75 bits per heavy atom. The van der Waals surface area contributed by atoms with Crippen LogP contribution in [0.15, 0.2) is 54.7 Å². The monoisotopic (exact) mass is 395 g/mol. The van der Waals surface area contributed by atoms with Gasteiger partial charge in [-0.05, 0) is 31.9 Å². The molecular weight excluding hydrogens is 374 g/mol. The molecule has 2 aromatic carbocycles. The summed E-state index contributed by atoms with van der Waals surface area (Å²) in [6, 6.07) is 15.4. The first-order valence-corrected chi connectivity index (χ1v) is 9.81. The van der Waals surface area contributed by atoms with Gasteiger partial charge in [-0.1, -0.05) is 53.6 Å². The first kappa shape index (κ1) is 18.7. The molecule has 28 heavy (non-hydrogen) atoms. The Morgan fingerprint density at radius 2 is 2.04 bits per heavy atom. The number of rotatable bonds is 5. The third-order valence-corrected chi connectivity index (χ3v) is 5.22. The fourth-order valence-electron chi connectivity index (χ4n) is 3.33. The van der Waals surface area contributed by atoms with Crippen molar-refractivity contribution in [2.45, 2.75) is 25.9 Å². The fraction of sp³-hybridized carbons (Fsp3) is 0.273. The molecule has 5 nitrogen and oxygen atoms in total. The number of para-hydroxylation sites is 1. The van der Waals surface area contributed by atoms with E-state index in [1.54, 1.807) is 16.9 Å². The topological polar surface area (TPSA) is 56.2 Å². The van der Waals surface area contributed by atoms with Gasteiger partial charge in [-0.2, -0.15) is 5.10 Å². The van der Waals surface area contributed by atoms with Crippen molar-refractivity contribution in [3.8, 4) is 16.9 Å². The summed E-state index contributed by atoms with van der Waals surface area (Å²) in [7, 11) is 0. The highest BCUT2D eigenvalue weighted by Crippen LogP contribution is 2.26. The predicted molar refractivity (Wildman–Crippen MR) is 110 cm³/mol. The summed E-state index contributed by atoms with van der Waals surface area (Å²) in [6.07, 6.45) is 3.84. The van der Waals surface area contributed by atoms with Crippen LogP contribution < -0.4 is 5.32 Å². The van der Waals surface area contributed by atoms with Crippen LogP contribution in [-0.4, -0.2) is 34.9 Å². The van der Waals surface area contributed by atoms with Gasteiger partial charge < -0.3 is 10.1 Å². The molecule has 4 rings (SSSR count). The van der Waals surface area contributed by atoms with Crippen LogP contribution in [0.25, 0.3) is 16.9 Å². The van der Waals surface area contributed by atoms with Gasteiger partial charge in [0, 0.05) is 24.9 Å². The fourth-order valence-corrected chi connectivity index (χ4v) is 3.56. The molecule has 1 atom stereocenters. The van der Waals surface area contributed by atoms with Crippen molar-refractivity contribution < 1.29 is 9.53 Å². The zero-order valence-corrected chi connectivity index (χ0v) is 16.4. The zero-order valence-electron chi connectivity index (χ0n) is 15.7. The van der Waals surface area contributed by atoms with Gasteiger partial charge in [0.15, 0.2) is 0 Å². The maximum atomic E-state index is 12.9. The number of hydrogen-bond donors (Lipinski definition) is 1. The van der Waals surface area contributed by atoms with Crippen molar-refractivity contribution in [1.29, 1.82) is 0 Å². The number of ether oxygens (including phenoxy) is 1. The maximum Gasteiger partial charge on any atom is 0.255 e. The van der Waals surface area contributed by atoms with Gasteiger partial charge in [-0.3, -0.25) is 4.79 Å². The molecule has 1 fully saturated rings. The summed E-state index contributed by atoms with van der Waals surface area (Å²) in [5.74, 6) is -0.163. The number of aromatic nitrogens is 2. The standard InChI is InChI=1S/C22H22ClN3O2/c1-15-8-10-16(11-9-15)21-18(22(27)24-13-17-5-4-12-28-17)14-26(25-21)20-7-3-2-6-19(20)23/h2-3,6-11,14,17H,4-5,12-13H2,1H3,(H,24,27)/t17-/m0/s1. The van der Waals surface area contributed by atoms with E-state index in [9.17, 15) is 4.79 Å². The van der Waals surface area contributed by atoms with Gasteiger partial charge >= 0.3 is 0 Å². The van der Waals surface area contributed by atoms with Crippen molar-refractivity contribution in [3.05, 3.63) is 70.9 Å². The van der Waals surface area contributed by atoms with Gasteiger partial charge in [0.05, 0.1) is 22.4 Å². The smallest absolute Gasteiger partial charge is 0.255 e. The van der Waals surface area contributed by atoms with E-state index >= 15 is 0 Å². The number of nitrogens with one attached hydrogen (secondary N) is 1. The minimum Gasteiger partial charge on any atom is -0.376 e. The number of benzene rings is 2. The third-order valence-electron chi connectivity index (χ3n) is 4.90. The Bertz CT molecular complexity index is 976. The Morgan fingerprint density at radius 1 is 1.25 bits per heavy atom. The van der Waals surface area contributed by atoms with Crippen LogP contribution in [0.3, 0.4) is 0 Å². The van der Waals surface area contributed by atoms with Crippen LogP contribution >= 0.6 is 11.6 Å². The van der Waals surface area contributed by atoms with Gasteiger partial charge in [-0.25, -0.2) is 4.68 Å². The molecule has 144 valence electrons. The number of nitrogens with zero attached hydrogens (tertiary/aromatic N) is 2. The van der Waals surface area contributed by atoms with E-state index in [4.69, 9.17) is 16.3 Å². The second-order valence-corrected chi connectivity index (χ2v) is 7.41. The zero-order chi connectivity index (χ0) is 19.5. The summed E-state index contributed by atoms with van der Waals surface area (Å²) >= 11 is 6.34. The highest BCUT2D eigenvalue weighted by atomic mass is 35.5. The second kappa shape index (κ2) is 8.17. The molecule has 0 saturated carbocycles. The molecule has 1 amide bonds. The highest BCUT2D eigenvalue weighted by molar-refractivity contribution is 6.32. The van der Waals surface area contributed by atoms with Gasteiger partial charge in [0.2, 0.25) is 0 Å². The molecule has 0 aliphatic carbocycles. The molecule has 1 aliphatic heterocycles. The average Bonchev–Trinajstić information content (AvgIpc) is 3.37. The maximum absolute atomic E-state index is 12.9. The lowest BCUT2D eigenvalue weighted by Crippen LogP contribution is -2.31. The van der Waals surface area contributed by atoms with E-state index < -0.39 is 0 Å². The number of amides is 1. The Kier molecular flexibility index (Phi) is 5.46. The number of hydrogen-bond acceptors (Lipinski definition) is 3. The summed E-state index contributed by atoms with van der Waals surface area (Å²) in [5.41, 5.74) is 3.92. The molecule has 6 heteroatoms. The van der Waals surface area contributed by atoms with E-state index in [1.807, 2.05) is 49.4 Å². The summed E-state index contributed by atoms with van der Waals surface area (Å²) in [6.45, 7) is 3.30. The van der Waals surface area contributed by atoms with Crippen molar-refractivity contribution in [3.63, 3.8) is 0 Å². The molecule has 3 aromatic rings. The highest BCUT2D eigenvalue weighted by Gasteiger charge is 2.21. The molecule has 0 spiro atoms. The number of carbonyl (C=O) groups is 1. The van der Waals surface area contributed by atoms with Gasteiger partial charge in [-0.15, -0.1) is 0 Å². The van der Waals surface area contributed by atoms with E-state index in [0.29, 0.717) is 22.8 Å². The first-order chi connectivity index (χ1) is 13.6. The van der Waals surface area contributed by atoms with E-state index in [-0.39, 0.29) is 12.0 Å². The average molecular weight is 396 g/mol. The van der Waals surface area contributed by atoms with Crippen LogP contribution in [0, 0.1) is 6.92 Å². The Balaban J connectivity index is 1.69. The SMILES string of the molecule is Cc1ccc(-c2nn(-c3ccccc3Cl)cc2C(=O)NC[C@@H]2CCCO2)cc1. The number of aryl methyl sites for hydroxylation is 1. The Labute approximate surface area is 169 Å². The molecule has 0 radical (unpaired) electrons. The van der Waals surface area contributed by atoms with Gasteiger partial charge in [0.1, 0.15) is 5.69 Å². The third kappa shape index (κ3) is 3.96. The minimum atomic E-state index is -0.163. The number of halogens is 1. The van der Waals surface area contributed by atoms with E-state index in [2.05, 4.69) is 10.4 Å². The van der Waals surface area contributed by atoms with Crippen LogP contribution in [0.5, 0.6) is 0 Å². The molecule has 1 saturated heterocycles. The van der Waals surface area contributed by atoms with Crippen molar-refractivity contribution in [1.82, 2.24) is 15.1 Å². The molecule has 1 aromatic heterocycles. The van der Waals surface area contributed by atoms with Crippen LogP contribution in [0.2, 0.25) is 5.02 Å². The van der Waals surface area contributed by atoms with Crippen molar-refractivity contribution in [2.24, 2.45) is 0 Å². The minimum absolute atomic E-state index is 0.0883. The predicted octanol–water partition coefficient (Wildman–Crippen LogP) is 4.41. The van der Waals surface area contributed by atoms with E-state index in [1.165, 1.54) is 0 Å². The van der Waals surface area contributed by atoms with Crippen LogP contribution in [-0.2, 0) is 4.74 Å². The van der Waals surface area contributed by atoms with Crippen molar-refractivity contribution >= 4 is 17.5 Å². The molecule has 0 bridgehead atoms. The van der Waals surface area contributed by atoms with Crippen LogP contribution in [0.1, 0.15) is 28.8 Å². The summed E-state index contributed by atoms with van der Waals surface area (Å²) < 4.78 is 7.27. The molecule has 1 N–H and O–H groups in total. The quantitative estimate of drug-likeness (QED) is 0.696. The largest absolute Gasteiger partial charge is 0.376 e. The number of carbonyl (C=O) groups excluding carboxylic acids is 1. The summed E-state index contributed by atoms with van der Waals surface area (Å²) in [4.78, 5) is 12.9. The first-order valence-electron chi connectivity index (χ1n) is 9.43. The molecule has 0 unspecified atom stereocenters. The lowest BCUT2D eigenvalue weighted by molar-refractivity contribution is 0.0858.